The molecular weight excluding hydrogens is 188 g/mol. The fourth-order valence-corrected chi connectivity index (χ4v) is 1.83. The maximum atomic E-state index is 4.42. The fourth-order valence-electron chi connectivity index (χ4n) is 1.83. The van der Waals surface area contributed by atoms with E-state index in [0.717, 1.165) is 25.5 Å². The van der Waals surface area contributed by atoms with Gasteiger partial charge >= 0.3 is 0 Å². The molecule has 1 fully saturated rings. The van der Waals surface area contributed by atoms with Crippen molar-refractivity contribution in [3.05, 3.63) is 12.4 Å². The van der Waals surface area contributed by atoms with Crippen LogP contribution in [-0.2, 0) is 0 Å². The van der Waals surface area contributed by atoms with Crippen molar-refractivity contribution in [2.24, 2.45) is 0 Å². The molecule has 84 valence electrons. The summed E-state index contributed by atoms with van der Waals surface area (Å²) in [5.74, 6) is 1.12. The maximum Gasteiger partial charge on any atom is 0.205 e. The minimum absolute atomic E-state index is 0.717. The summed E-state index contributed by atoms with van der Waals surface area (Å²) in [7, 11) is 4.11. The second kappa shape index (κ2) is 4.66. The summed E-state index contributed by atoms with van der Waals surface area (Å²) in [6, 6.07) is 0.717. The molecule has 0 bridgehead atoms. The third-order valence-electron chi connectivity index (χ3n) is 2.85. The summed E-state index contributed by atoms with van der Waals surface area (Å²) >= 11 is 0. The van der Waals surface area contributed by atoms with Crippen molar-refractivity contribution in [2.75, 3.05) is 32.1 Å². The zero-order valence-electron chi connectivity index (χ0n) is 9.61. The number of anilines is 1. The van der Waals surface area contributed by atoms with Crippen molar-refractivity contribution in [2.45, 2.75) is 25.3 Å². The van der Waals surface area contributed by atoms with Crippen LogP contribution >= 0.6 is 0 Å². The van der Waals surface area contributed by atoms with Crippen molar-refractivity contribution < 1.29 is 0 Å². The first-order valence-electron chi connectivity index (χ1n) is 5.71. The molecule has 0 amide bonds. The van der Waals surface area contributed by atoms with Gasteiger partial charge in [0.2, 0.25) is 5.95 Å². The summed E-state index contributed by atoms with van der Waals surface area (Å²) in [6.07, 6.45) is 7.79. The molecule has 0 spiro atoms. The first-order valence-corrected chi connectivity index (χ1v) is 5.71. The SMILES string of the molecule is CNCCCN(C)c1nccn1C1CC1. The van der Waals surface area contributed by atoms with Crippen molar-refractivity contribution in [1.82, 2.24) is 14.9 Å². The van der Waals surface area contributed by atoms with Crippen molar-refractivity contribution in [1.29, 1.82) is 0 Å². The Hall–Kier alpha value is -1.03. The lowest BCUT2D eigenvalue weighted by Crippen LogP contribution is -2.24. The molecular formula is C11H20N4. The Morgan fingerprint density at radius 1 is 1.60 bits per heavy atom. The van der Waals surface area contributed by atoms with Crippen molar-refractivity contribution in [3.63, 3.8) is 0 Å². The summed E-state index contributed by atoms with van der Waals surface area (Å²) in [5.41, 5.74) is 0. The molecule has 1 saturated carbocycles. The highest BCUT2D eigenvalue weighted by Gasteiger charge is 2.26. The Balaban J connectivity index is 1.92. The van der Waals surface area contributed by atoms with E-state index in [1.807, 2.05) is 13.2 Å². The number of imidazole rings is 1. The smallest absolute Gasteiger partial charge is 0.205 e. The molecule has 4 nitrogen and oxygen atoms in total. The van der Waals surface area contributed by atoms with Crippen LogP contribution < -0.4 is 10.2 Å². The zero-order valence-corrected chi connectivity index (χ0v) is 9.61. The molecule has 1 aliphatic carbocycles. The molecule has 0 unspecified atom stereocenters. The lowest BCUT2D eigenvalue weighted by atomic mass is 10.4. The number of rotatable bonds is 6. The maximum absolute atomic E-state index is 4.42. The largest absolute Gasteiger partial charge is 0.345 e. The number of hydrogen-bond acceptors (Lipinski definition) is 3. The van der Waals surface area contributed by atoms with E-state index in [1.54, 1.807) is 0 Å². The first-order chi connectivity index (χ1) is 7.33. The van der Waals surface area contributed by atoms with E-state index in [2.05, 4.69) is 33.0 Å². The van der Waals surface area contributed by atoms with E-state index in [-0.39, 0.29) is 0 Å². The Kier molecular flexibility index (Phi) is 3.26. The monoisotopic (exact) mass is 208 g/mol. The van der Waals surface area contributed by atoms with E-state index in [4.69, 9.17) is 0 Å². The molecule has 1 aromatic heterocycles. The molecule has 0 saturated heterocycles. The van der Waals surface area contributed by atoms with Gasteiger partial charge < -0.3 is 14.8 Å². The van der Waals surface area contributed by atoms with Crippen molar-refractivity contribution in [3.8, 4) is 0 Å². The topological polar surface area (TPSA) is 33.1 Å². The normalized spacial score (nSPS) is 15.6. The summed E-state index contributed by atoms with van der Waals surface area (Å²) < 4.78 is 2.30. The van der Waals surface area contributed by atoms with Gasteiger partial charge in [-0.25, -0.2) is 4.98 Å². The quantitative estimate of drug-likeness (QED) is 0.715. The number of nitrogens with one attached hydrogen (secondary N) is 1. The molecule has 4 heteroatoms. The fraction of sp³-hybridized carbons (Fsp3) is 0.727. The van der Waals surface area contributed by atoms with Gasteiger partial charge in [0.15, 0.2) is 0 Å². The second-order valence-corrected chi connectivity index (χ2v) is 4.24. The Morgan fingerprint density at radius 2 is 2.40 bits per heavy atom. The average molecular weight is 208 g/mol. The van der Waals surface area contributed by atoms with Crippen LogP contribution in [0.4, 0.5) is 5.95 Å². The minimum atomic E-state index is 0.717. The molecule has 1 aromatic rings. The zero-order chi connectivity index (χ0) is 10.7. The van der Waals surface area contributed by atoms with Crippen LogP contribution in [0.2, 0.25) is 0 Å². The highest BCUT2D eigenvalue weighted by molar-refractivity contribution is 5.31. The van der Waals surface area contributed by atoms with Gasteiger partial charge in [-0.1, -0.05) is 0 Å². The minimum Gasteiger partial charge on any atom is -0.345 e. The van der Waals surface area contributed by atoms with Crippen molar-refractivity contribution >= 4 is 5.95 Å². The van der Waals surface area contributed by atoms with Gasteiger partial charge in [-0.3, -0.25) is 0 Å². The molecule has 1 heterocycles. The number of nitrogens with zero attached hydrogens (tertiary/aromatic N) is 3. The predicted octanol–water partition coefficient (Wildman–Crippen LogP) is 1.26. The second-order valence-electron chi connectivity index (χ2n) is 4.24. The van der Waals surface area contributed by atoms with Crippen LogP contribution in [0, 0.1) is 0 Å². The third-order valence-corrected chi connectivity index (χ3v) is 2.85. The highest BCUT2D eigenvalue weighted by Crippen LogP contribution is 2.37. The van der Waals surface area contributed by atoms with Gasteiger partial charge in [0, 0.05) is 32.0 Å². The first kappa shape index (κ1) is 10.5. The van der Waals surface area contributed by atoms with Crippen LogP contribution in [0.25, 0.3) is 0 Å². The predicted molar refractivity (Wildman–Crippen MR) is 62.3 cm³/mol. The van der Waals surface area contributed by atoms with Crippen LogP contribution in [-0.4, -0.2) is 36.7 Å². The summed E-state index contributed by atoms with van der Waals surface area (Å²) in [6.45, 7) is 2.12. The molecule has 0 aliphatic heterocycles. The Labute approximate surface area is 91.3 Å². The molecule has 1 N–H and O–H groups in total. The van der Waals surface area contributed by atoms with Gasteiger partial charge in [-0.15, -0.1) is 0 Å². The van der Waals surface area contributed by atoms with Crippen LogP contribution in [0.3, 0.4) is 0 Å². The van der Waals surface area contributed by atoms with Gasteiger partial charge in [0.25, 0.3) is 0 Å². The molecule has 0 aromatic carbocycles. The van der Waals surface area contributed by atoms with E-state index >= 15 is 0 Å². The van der Waals surface area contributed by atoms with Crippen LogP contribution in [0.5, 0.6) is 0 Å². The van der Waals surface area contributed by atoms with Gasteiger partial charge in [0.05, 0.1) is 0 Å². The Bertz CT molecular complexity index is 303. The Morgan fingerprint density at radius 3 is 3.07 bits per heavy atom. The summed E-state index contributed by atoms with van der Waals surface area (Å²) in [4.78, 5) is 6.67. The standard InChI is InChI=1S/C11H20N4/c1-12-6-3-8-14(2)11-13-7-9-15(11)10-4-5-10/h7,9-10,12H,3-6,8H2,1-2H3. The average Bonchev–Trinajstić information content (AvgIpc) is 2.96. The molecule has 15 heavy (non-hydrogen) atoms. The molecule has 0 radical (unpaired) electrons. The molecule has 1 aliphatic rings. The lowest BCUT2D eigenvalue weighted by Gasteiger charge is -2.19. The van der Waals surface area contributed by atoms with E-state index in [9.17, 15) is 0 Å². The van der Waals surface area contributed by atoms with E-state index < -0.39 is 0 Å². The van der Waals surface area contributed by atoms with Crippen LogP contribution in [0.15, 0.2) is 12.4 Å². The number of hydrogen-bond donors (Lipinski definition) is 1. The lowest BCUT2D eigenvalue weighted by molar-refractivity contribution is 0.672. The molecule has 0 atom stereocenters. The van der Waals surface area contributed by atoms with E-state index in [1.165, 1.54) is 12.8 Å². The molecule has 2 rings (SSSR count). The number of aromatic nitrogens is 2. The summed E-state index contributed by atoms with van der Waals surface area (Å²) in [5, 5.41) is 3.16. The van der Waals surface area contributed by atoms with Gasteiger partial charge in [0.1, 0.15) is 0 Å². The third kappa shape index (κ3) is 2.50. The van der Waals surface area contributed by atoms with Gasteiger partial charge in [-0.2, -0.15) is 0 Å². The highest BCUT2D eigenvalue weighted by atomic mass is 15.3. The van der Waals surface area contributed by atoms with E-state index in [0.29, 0.717) is 6.04 Å². The van der Waals surface area contributed by atoms with Gasteiger partial charge in [-0.05, 0) is 32.9 Å². The van der Waals surface area contributed by atoms with Crippen LogP contribution in [0.1, 0.15) is 25.3 Å².